The number of urea groups is 1. The molecule has 21 heavy (non-hydrogen) atoms. The number of nitrogens with two attached hydrogens (primary N) is 2. The number of primary amides is 1. The first kappa shape index (κ1) is 12.9. The summed E-state index contributed by atoms with van der Waals surface area (Å²) in [7, 11) is 0. The van der Waals surface area contributed by atoms with Crippen molar-refractivity contribution in [3.05, 3.63) is 60.8 Å². The van der Waals surface area contributed by atoms with Crippen molar-refractivity contribution < 1.29 is 4.79 Å². The molecule has 0 aliphatic rings. The first-order chi connectivity index (χ1) is 10.1. The smallest absolute Gasteiger partial charge is 0.323 e. The number of para-hydroxylation sites is 1. The van der Waals surface area contributed by atoms with Crippen molar-refractivity contribution in [3.63, 3.8) is 0 Å². The molecule has 2 aromatic carbocycles. The quantitative estimate of drug-likeness (QED) is 0.706. The maximum Gasteiger partial charge on any atom is 0.323 e. The summed E-state index contributed by atoms with van der Waals surface area (Å²) in [6.45, 7) is 0. The zero-order valence-electron chi connectivity index (χ0n) is 11.2. The Morgan fingerprint density at radius 2 is 1.81 bits per heavy atom. The predicted octanol–water partition coefficient (Wildman–Crippen LogP) is 3.03. The van der Waals surface area contributed by atoms with Crippen LogP contribution in [-0.2, 0) is 0 Å². The summed E-state index contributed by atoms with van der Waals surface area (Å²) in [6, 6.07) is 16.0. The Kier molecular flexibility index (Phi) is 3.16. The van der Waals surface area contributed by atoms with E-state index in [0.717, 1.165) is 10.9 Å². The second-order valence-corrected chi connectivity index (χ2v) is 4.65. The fraction of sp³-hybridized carbons (Fsp3) is 0. The van der Waals surface area contributed by atoms with Crippen molar-refractivity contribution in [2.75, 3.05) is 10.6 Å². The highest BCUT2D eigenvalue weighted by atomic mass is 16.2. The minimum Gasteiger partial charge on any atom is -0.399 e. The number of amides is 2. The van der Waals surface area contributed by atoms with Gasteiger partial charge in [0.05, 0.1) is 23.1 Å². The molecule has 0 saturated carbocycles. The highest BCUT2D eigenvalue weighted by molar-refractivity contribution is 6.00. The molecule has 0 saturated heterocycles. The van der Waals surface area contributed by atoms with Gasteiger partial charge in [-0.25, -0.2) is 4.79 Å². The van der Waals surface area contributed by atoms with Crippen molar-refractivity contribution in [1.82, 2.24) is 4.98 Å². The number of hydrogen-bond acceptors (Lipinski definition) is 3. The third-order valence-electron chi connectivity index (χ3n) is 3.18. The predicted molar refractivity (Wildman–Crippen MR) is 84.3 cm³/mol. The molecule has 1 aromatic heterocycles. The van der Waals surface area contributed by atoms with Gasteiger partial charge in [0.1, 0.15) is 0 Å². The highest BCUT2D eigenvalue weighted by Gasteiger charge is 2.16. The molecule has 2 amide bonds. The van der Waals surface area contributed by atoms with Crippen LogP contribution < -0.4 is 16.4 Å². The molecule has 5 nitrogen and oxygen atoms in total. The molecule has 0 aliphatic carbocycles. The summed E-state index contributed by atoms with van der Waals surface area (Å²) < 4.78 is 0. The number of benzene rings is 2. The van der Waals surface area contributed by atoms with Gasteiger partial charge in [-0.3, -0.25) is 9.88 Å². The molecule has 3 rings (SSSR count). The molecule has 0 unspecified atom stereocenters. The molecule has 0 radical (unpaired) electrons. The van der Waals surface area contributed by atoms with Crippen LogP contribution in [0.1, 0.15) is 0 Å². The van der Waals surface area contributed by atoms with E-state index in [2.05, 4.69) is 4.98 Å². The number of anilines is 3. The lowest BCUT2D eigenvalue weighted by Crippen LogP contribution is -2.31. The van der Waals surface area contributed by atoms with Gasteiger partial charge < -0.3 is 11.5 Å². The monoisotopic (exact) mass is 278 g/mol. The minimum atomic E-state index is -0.585. The highest BCUT2D eigenvalue weighted by Crippen LogP contribution is 2.28. The molecule has 1 heterocycles. The molecule has 4 N–H and O–H groups in total. The lowest BCUT2D eigenvalue weighted by Gasteiger charge is -2.21. The Balaban J connectivity index is 2.13. The number of pyridine rings is 1. The summed E-state index contributed by atoms with van der Waals surface area (Å²) in [6.07, 6.45) is 1.62. The molecule has 0 bridgehead atoms. The molecule has 5 heteroatoms. The van der Waals surface area contributed by atoms with E-state index in [1.807, 2.05) is 30.3 Å². The van der Waals surface area contributed by atoms with Gasteiger partial charge >= 0.3 is 6.03 Å². The fourth-order valence-corrected chi connectivity index (χ4v) is 2.25. The van der Waals surface area contributed by atoms with Crippen molar-refractivity contribution in [2.45, 2.75) is 0 Å². The third-order valence-corrected chi connectivity index (χ3v) is 3.18. The summed E-state index contributed by atoms with van der Waals surface area (Å²) in [4.78, 5) is 17.6. The molecular weight excluding hydrogens is 264 g/mol. The summed E-state index contributed by atoms with van der Waals surface area (Å²) in [5.74, 6) is 0. The zero-order valence-corrected chi connectivity index (χ0v) is 11.2. The maximum atomic E-state index is 11.8. The van der Waals surface area contributed by atoms with Gasteiger partial charge in [0.25, 0.3) is 0 Å². The van der Waals surface area contributed by atoms with Crippen LogP contribution in [-0.4, -0.2) is 11.0 Å². The van der Waals surface area contributed by atoms with Crippen LogP contribution in [0.5, 0.6) is 0 Å². The Morgan fingerprint density at radius 3 is 2.57 bits per heavy atom. The molecule has 0 spiro atoms. The molecule has 0 aliphatic heterocycles. The molecule has 3 aromatic rings. The van der Waals surface area contributed by atoms with Gasteiger partial charge in [-0.05, 0) is 30.3 Å². The van der Waals surface area contributed by atoms with Crippen LogP contribution in [0.2, 0.25) is 0 Å². The van der Waals surface area contributed by atoms with E-state index in [1.165, 1.54) is 4.90 Å². The lowest BCUT2D eigenvalue weighted by atomic mass is 10.2. The fourth-order valence-electron chi connectivity index (χ4n) is 2.25. The Hall–Kier alpha value is -3.08. The van der Waals surface area contributed by atoms with E-state index in [0.29, 0.717) is 17.1 Å². The van der Waals surface area contributed by atoms with Crippen molar-refractivity contribution in [3.8, 4) is 0 Å². The number of nitrogen functional groups attached to an aromatic ring is 1. The van der Waals surface area contributed by atoms with Crippen LogP contribution in [0.4, 0.5) is 21.9 Å². The second-order valence-electron chi connectivity index (χ2n) is 4.65. The minimum absolute atomic E-state index is 0.562. The second kappa shape index (κ2) is 5.13. The van der Waals surface area contributed by atoms with Gasteiger partial charge in [0.15, 0.2) is 0 Å². The number of carbonyl (C=O) groups is 1. The van der Waals surface area contributed by atoms with E-state index < -0.39 is 6.03 Å². The summed E-state index contributed by atoms with van der Waals surface area (Å²) >= 11 is 0. The first-order valence-electron chi connectivity index (χ1n) is 6.45. The van der Waals surface area contributed by atoms with E-state index in [4.69, 9.17) is 11.5 Å². The van der Waals surface area contributed by atoms with Crippen molar-refractivity contribution in [2.24, 2.45) is 5.73 Å². The summed E-state index contributed by atoms with van der Waals surface area (Å²) in [5.41, 5.74) is 13.9. The lowest BCUT2D eigenvalue weighted by molar-refractivity contribution is 0.256. The maximum absolute atomic E-state index is 11.8. The molecule has 104 valence electrons. The van der Waals surface area contributed by atoms with Gasteiger partial charge in [-0.2, -0.15) is 0 Å². The average molecular weight is 278 g/mol. The normalized spacial score (nSPS) is 10.5. The number of hydrogen-bond donors (Lipinski definition) is 2. The first-order valence-corrected chi connectivity index (χ1v) is 6.45. The van der Waals surface area contributed by atoms with Gasteiger partial charge in [0.2, 0.25) is 0 Å². The zero-order chi connectivity index (χ0) is 14.8. The summed E-state index contributed by atoms with van der Waals surface area (Å²) in [5, 5.41) is 0.935. The van der Waals surface area contributed by atoms with Crippen LogP contribution in [0.3, 0.4) is 0 Å². The SMILES string of the molecule is NC(=O)N(c1cccc(N)c1)c1cnc2ccccc2c1. The van der Waals surface area contributed by atoms with Crippen LogP contribution in [0.15, 0.2) is 60.8 Å². The van der Waals surface area contributed by atoms with E-state index in [9.17, 15) is 4.79 Å². The van der Waals surface area contributed by atoms with Crippen molar-refractivity contribution in [1.29, 1.82) is 0 Å². The van der Waals surface area contributed by atoms with E-state index in [-0.39, 0.29) is 0 Å². The Labute approximate surface area is 121 Å². The third kappa shape index (κ3) is 2.49. The topological polar surface area (TPSA) is 85.2 Å². The number of nitrogens with zero attached hydrogens (tertiary/aromatic N) is 2. The molecule has 0 fully saturated rings. The molecular formula is C16H14N4O. The largest absolute Gasteiger partial charge is 0.399 e. The Morgan fingerprint density at radius 1 is 1.00 bits per heavy atom. The van der Waals surface area contributed by atoms with Crippen LogP contribution in [0, 0.1) is 0 Å². The number of fused-ring (bicyclic) bond motifs is 1. The van der Waals surface area contributed by atoms with Gasteiger partial charge in [-0.15, -0.1) is 0 Å². The number of rotatable bonds is 2. The van der Waals surface area contributed by atoms with Crippen molar-refractivity contribution >= 4 is 34.0 Å². The van der Waals surface area contributed by atoms with E-state index >= 15 is 0 Å². The Bertz CT molecular complexity index is 816. The van der Waals surface area contributed by atoms with Crippen LogP contribution in [0.25, 0.3) is 10.9 Å². The number of carbonyl (C=O) groups excluding carboxylic acids is 1. The standard InChI is InChI=1S/C16H14N4O/c17-12-5-3-6-13(9-12)20(16(18)21)14-8-11-4-1-2-7-15(11)19-10-14/h1-10H,17H2,(H2,18,21). The van der Waals surface area contributed by atoms with Crippen LogP contribution >= 0.6 is 0 Å². The van der Waals surface area contributed by atoms with E-state index in [1.54, 1.807) is 30.5 Å². The van der Waals surface area contributed by atoms with Gasteiger partial charge in [0, 0.05) is 11.1 Å². The van der Waals surface area contributed by atoms with Gasteiger partial charge in [-0.1, -0.05) is 24.3 Å². The number of aromatic nitrogens is 1. The average Bonchev–Trinajstić information content (AvgIpc) is 2.47. The molecule has 0 atom stereocenters.